The molecule has 29 heavy (non-hydrogen) atoms. The highest BCUT2D eigenvalue weighted by Gasteiger charge is 2.42. The average Bonchev–Trinajstić information content (AvgIpc) is 2.66. The van der Waals surface area contributed by atoms with Gasteiger partial charge in [-0.15, -0.1) is 0 Å². The zero-order chi connectivity index (χ0) is 20.8. The summed E-state index contributed by atoms with van der Waals surface area (Å²) in [6.45, 7) is 8.45. The van der Waals surface area contributed by atoms with Crippen molar-refractivity contribution in [2.75, 3.05) is 5.32 Å². The van der Waals surface area contributed by atoms with Crippen LogP contribution in [0.5, 0.6) is 0 Å². The molecule has 0 amide bonds. The molecular weight excluding hydrogens is 382 g/mol. The van der Waals surface area contributed by atoms with Crippen LogP contribution >= 0.6 is 11.8 Å². The molecular formula is C23H27N3O2S. The van der Waals surface area contributed by atoms with Gasteiger partial charge in [0.15, 0.2) is 10.9 Å². The second kappa shape index (κ2) is 7.48. The van der Waals surface area contributed by atoms with E-state index in [9.17, 15) is 9.59 Å². The number of aromatic amines is 1. The van der Waals surface area contributed by atoms with Gasteiger partial charge in [-0.1, -0.05) is 69.8 Å². The molecule has 0 saturated heterocycles. The van der Waals surface area contributed by atoms with Crippen molar-refractivity contribution in [3.63, 3.8) is 0 Å². The Balaban J connectivity index is 1.90. The number of carbonyl (C=O) groups is 1. The van der Waals surface area contributed by atoms with E-state index in [2.05, 4.69) is 38.0 Å². The van der Waals surface area contributed by atoms with Gasteiger partial charge in [0.1, 0.15) is 5.82 Å². The van der Waals surface area contributed by atoms with Gasteiger partial charge in [0.2, 0.25) is 0 Å². The van der Waals surface area contributed by atoms with Crippen LogP contribution in [0.15, 0.2) is 51.6 Å². The summed E-state index contributed by atoms with van der Waals surface area (Å²) < 4.78 is 0. The van der Waals surface area contributed by atoms with Crippen molar-refractivity contribution in [2.45, 2.75) is 63.3 Å². The minimum atomic E-state index is -0.384. The number of carbonyl (C=O) groups excluding carboxylic acids is 1. The number of aromatic nitrogens is 2. The fraction of sp³-hybridized carbons (Fsp3) is 0.435. The smallest absolute Gasteiger partial charge is 0.257 e. The highest BCUT2D eigenvalue weighted by atomic mass is 32.2. The van der Waals surface area contributed by atoms with Gasteiger partial charge in [-0.3, -0.25) is 9.59 Å². The Kier molecular flexibility index (Phi) is 5.15. The Hall–Kier alpha value is -2.34. The minimum Gasteiger partial charge on any atom is -0.343 e. The molecule has 4 rings (SSSR count). The van der Waals surface area contributed by atoms with Gasteiger partial charge in [-0.05, 0) is 23.8 Å². The zero-order valence-corrected chi connectivity index (χ0v) is 18.2. The molecule has 0 saturated carbocycles. The number of rotatable bonds is 4. The van der Waals surface area contributed by atoms with Crippen molar-refractivity contribution in [1.82, 2.24) is 9.97 Å². The lowest BCUT2D eigenvalue weighted by Crippen LogP contribution is -2.37. The third-order valence-electron chi connectivity index (χ3n) is 5.72. The number of anilines is 1. The van der Waals surface area contributed by atoms with Crippen molar-refractivity contribution in [3.8, 4) is 0 Å². The monoisotopic (exact) mass is 409 g/mol. The predicted molar refractivity (Wildman–Crippen MR) is 117 cm³/mol. The van der Waals surface area contributed by atoms with E-state index < -0.39 is 0 Å². The number of hydrogen-bond donors (Lipinski definition) is 2. The lowest BCUT2D eigenvalue weighted by Gasteiger charge is -2.38. The van der Waals surface area contributed by atoms with E-state index in [1.807, 2.05) is 30.3 Å². The number of Topliss-reactive ketones (excluding diaryl/α,β-unsaturated/α-hetero) is 1. The van der Waals surface area contributed by atoms with Crippen LogP contribution in [0.1, 0.15) is 64.0 Å². The highest BCUT2D eigenvalue weighted by Crippen LogP contribution is 2.47. The second-order valence-corrected chi connectivity index (χ2v) is 10.2. The largest absolute Gasteiger partial charge is 0.343 e. The first kappa shape index (κ1) is 20.0. The number of nitrogens with zero attached hydrogens (tertiary/aromatic N) is 1. The summed E-state index contributed by atoms with van der Waals surface area (Å²) in [5.74, 6) is 0.309. The van der Waals surface area contributed by atoms with Crippen molar-refractivity contribution < 1.29 is 4.79 Å². The Morgan fingerprint density at radius 1 is 1.21 bits per heavy atom. The molecule has 2 aliphatic rings. The Labute approximate surface area is 175 Å². The number of allylic oxidation sites excluding steroid dienone is 2. The number of nitrogens with one attached hydrogen (secondary N) is 2. The maximum absolute atomic E-state index is 13.2. The molecule has 1 aromatic heterocycles. The zero-order valence-electron chi connectivity index (χ0n) is 17.3. The summed E-state index contributed by atoms with van der Waals surface area (Å²) >= 11 is 1.57. The van der Waals surface area contributed by atoms with E-state index in [0.29, 0.717) is 28.2 Å². The first-order valence-corrected chi connectivity index (χ1v) is 11.1. The first-order chi connectivity index (χ1) is 13.8. The molecule has 2 heterocycles. The van der Waals surface area contributed by atoms with E-state index in [1.165, 1.54) is 0 Å². The molecule has 2 aromatic rings. The van der Waals surface area contributed by atoms with Crippen LogP contribution in [-0.2, 0) is 4.79 Å². The van der Waals surface area contributed by atoms with Crippen LogP contribution in [0.4, 0.5) is 5.82 Å². The van der Waals surface area contributed by atoms with E-state index in [-0.39, 0.29) is 22.7 Å². The van der Waals surface area contributed by atoms with Gasteiger partial charge in [0.05, 0.1) is 5.56 Å². The number of fused-ring (bicyclic) bond motifs is 1. The molecule has 0 radical (unpaired) electrons. The van der Waals surface area contributed by atoms with Crippen LogP contribution in [0, 0.1) is 5.41 Å². The fourth-order valence-corrected chi connectivity index (χ4v) is 5.05. The van der Waals surface area contributed by atoms with E-state index in [4.69, 9.17) is 4.98 Å². The quantitative estimate of drug-likeness (QED) is 0.557. The summed E-state index contributed by atoms with van der Waals surface area (Å²) in [5, 5.41) is 4.35. The van der Waals surface area contributed by atoms with Crippen molar-refractivity contribution >= 4 is 23.4 Å². The van der Waals surface area contributed by atoms with E-state index >= 15 is 0 Å². The summed E-state index contributed by atoms with van der Waals surface area (Å²) in [7, 11) is 0. The van der Waals surface area contributed by atoms with Crippen LogP contribution in [0.3, 0.4) is 0 Å². The highest BCUT2D eigenvalue weighted by molar-refractivity contribution is 7.99. The molecule has 1 aliphatic heterocycles. The van der Waals surface area contributed by atoms with Gasteiger partial charge in [0.25, 0.3) is 5.56 Å². The molecule has 5 nitrogen and oxygen atoms in total. The molecule has 0 unspecified atom stereocenters. The summed E-state index contributed by atoms with van der Waals surface area (Å²) in [4.78, 5) is 34.0. The number of hydrogen-bond acceptors (Lipinski definition) is 5. The Bertz CT molecular complexity index is 1040. The van der Waals surface area contributed by atoms with Gasteiger partial charge >= 0.3 is 0 Å². The maximum Gasteiger partial charge on any atom is 0.257 e. The Morgan fingerprint density at radius 3 is 2.62 bits per heavy atom. The summed E-state index contributed by atoms with van der Waals surface area (Å²) in [5.41, 5.74) is 2.83. The molecule has 1 aliphatic carbocycles. The third kappa shape index (κ3) is 3.78. The molecule has 2 N–H and O–H groups in total. The standard InChI is InChI=1S/C23H27N3O2S/c1-5-13(2)29-22-25-20-19(21(28)26-22)17(14-9-7-6-8-10-14)18-15(24-20)11-23(3,4)12-16(18)27/h6-10,13,17H,5,11-12H2,1-4H3,(H2,24,25,26,28)/t13-,17+/m1/s1. The SMILES string of the molecule is CC[C@@H](C)Sc1nc2c(c(=O)[nH]1)[C@@H](c1ccccc1)C1=C(CC(C)(C)CC1=O)N2. The topological polar surface area (TPSA) is 74.8 Å². The number of benzene rings is 1. The molecule has 152 valence electrons. The second-order valence-electron chi connectivity index (χ2n) is 8.77. The van der Waals surface area contributed by atoms with Crippen molar-refractivity contribution in [3.05, 3.63) is 63.1 Å². The molecule has 0 fully saturated rings. The third-order valence-corrected chi connectivity index (χ3v) is 6.87. The van der Waals surface area contributed by atoms with Gasteiger partial charge in [-0.2, -0.15) is 0 Å². The first-order valence-electron chi connectivity index (χ1n) is 10.2. The molecule has 6 heteroatoms. The van der Waals surface area contributed by atoms with Crippen LogP contribution in [0.2, 0.25) is 0 Å². The lowest BCUT2D eigenvalue weighted by atomic mass is 9.69. The number of thioether (sulfide) groups is 1. The number of H-pyrrole nitrogens is 1. The average molecular weight is 410 g/mol. The van der Waals surface area contributed by atoms with E-state index in [1.54, 1.807) is 11.8 Å². The maximum atomic E-state index is 13.2. The molecule has 0 spiro atoms. The van der Waals surface area contributed by atoms with Crippen LogP contribution in [0.25, 0.3) is 0 Å². The van der Waals surface area contributed by atoms with E-state index in [0.717, 1.165) is 29.7 Å². The fourth-order valence-electron chi connectivity index (χ4n) is 4.20. The van der Waals surface area contributed by atoms with Crippen molar-refractivity contribution in [2.24, 2.45) is 5.41 Å². The van der Waals surface area contributed by atoms with Gasteiger partial charge < -0.3 is 10.3 Å². The number of ketones is 1. The molecule has 1 aromatic carbocycles. The van der Waals surface area contributed by atoms with Crippen molar-refractivity contribution in [1.29, 1.82) is 0 Å². The molecule has 2 atom stereocenters. The van der Waals surface area contributed by atoms with Crippen LogP contribution in [-0.4, -0.2) is 21.0 Å². The van der Waals surface area contributed by atoms with Gasteiger partial charge in [0, 0.05) is 28.9 Å². The summed E-state index contributed by atoms with van der Waals surface area (Å²) in [6, 6.07) is 9.81. The van der Waals surface area contributed by atoms with Crippen LogP contribution < -0.4 is 10.9 Å². The minimum absolute atomic E-state index is 0.112. The molecule has 0 bridgehead atoms. The summed E-state index contributed by atoms with van der Waals surface area (Å²) in [6.07, 6.45) is 2.24. The predicted octanol–water partition coefficient (Wildman–Crippen LogP) is 4.86. The Morgan fingerprint density at radius 2 is 1.93 bits per heavy atom. The normalized spacial score (nSPS) is 21.2. The van der Waals surface area contributed by atoms with Gasteiger partial charge in [-0.25, -0.2) is 4.98 Å². The lowest BCUT2D eigenvalue weighted by molar-refractivity contribution is -0.118.